The summed E-state index contributed by atoms with van der Waals surface area (Å²) in [5.74, 6) is 2.01. The highest BCUT2D eigenvalue weighted by Gasteiger charge is 2.21. The van der Waals surface area contributed by atoms with Gasteiger partial charge in [-0.2, -0.15) is 4.98 Å². The molecular weight excluding hydrogens is 295 g/mol. The lowest BCUT2D eigenvalue weighted by Gasteiger charge is -2.34. The Hall–Kier alpha value is -2.44. The summed E-state index contributed by atoms with van der Waals surface area (Å²) >= 11 is 0. The van der Waals surface area contributed by atoms with Crippen molar-refractivity contribution in [3.63, 3.8) is 0 Å². The van der Waals surface area contributed by atoms with Crippen LogP contribution in [0.15, 0.2) is 30.6 Å². The molecule has 122 valence electrons. The topological polar surface area (TPSA) is 57.2 Å². The molecule has 1 unspecified atom stereocenters. The van der Waals surface area contributed by atoms with Gasteiger partial charge in [-0.15, -0.1) is 0 Å². The summed E-state index contributed by atoms with van der Waals surface area (Å²) in [6.07, 6.45) is 5.15. The van der Waals surface area contributed by atoms with Gasteiger partial charge in [0, 0.05) is 39.4 Å². The molecule has 0 spiro atoms. The van der Waals surface area contributed by atoms with Gasteiger partial charge >= 0.3 is 0 Å². The summed E-state index contributed by atoms with van der Waals surface area (Å²) in [4.78, 5) is 16.9. The standard InChI is InChI=1S/C16H21FN6/c1-22(2)16-18-8-7-14(21-16)20-13-4-3-9-23(11-13)15-6-5-12(17)10-19-15/h5-8,10,13H,3-4,9,11H2,1-2H3,(H,18,20,21). The van der Waals surface area contributed by atoms with Crippen LogP contribution in [-0.2, 0) is 0 Å². The molecule has 2 aromatic heterocycles. The molecule has 0 saturated carbocycles. The second-order valence-corrected chi connectivity index (χ2v) is 5.90. The third kappa shape index (κ3) is 3.85. The second kappa shape index (κ2) is 6.76. The van der Waals surface area contributed by atoms with Crippen molar-refractivity contribution in [2.24, 2.45) is 0 Å². The molecule has 1 aliphatic heterocycles. The molecule has 2 aromatic rings. The van der Waals surface area contributed by atoms with Gasteiger partial charge in [-0.1, -0.05) is 0 Å². The molecule has 6 nitrogen and oxygen atoms in total. The molecule has 1 saturated heterocycles. The van der Waals surface area contributed by atoms with E-state index in [9.17, 15) is 4.39 Å². The predicted octanol–water partition coefficient (Wildman–Crippen LogP) is 2.16. The first kappa shape index (κ1) is 15.5. The van der Waals surface area contributed by atoms with Crippen LogP contribution in [0.5, 0.6) is 0 Å². The molecule has 1 aliphatic rings. The first-order chi connectivity index (χ1) is 11.1. The Balaban J connectivity index is 1.67. The van der Waals surface area contributed by atoms with Crippen molar-refractivity contribution in [2.45, 2.75) is 18.9 Å². The fourth-order valence-corrected chi connectivity index (χ4v) is 2.71. The normalized spacial score (nSPS) is 17.9. The number of pyridine rings is 1. The first-order valence-electron chi connectivity index (χ1n) is 7.75. The highest BCUT2D eigenvalue weighted by atomic mass is 19.1. The minimum Gasteiger partial charge on any atom is -0.365 e. The summed E-state index contributed by atoms with van der Waals surface area (Å²) in [6.45, 7) is 1.75. The zero-order chi connectivity index (χ0) is 16.2. The largest absolute Gasteiger partial charge is 0.365 e. The van der Waals surface area contributed by atoms with E-state index in [1.807, 2.05) is 25.1 Å². The maximum atomic E-state index is 13.0. The van der Waals surface area contributed by atoms with Crippen LogP contribution in [0.1, 0.15) is 12.8 Å². The first-order valence-corrected chi connectivity index (χ1v) is 7.75. The number of aromatic nitrogens is 3. The molecular formula is C16H21FN6. The molecule has 1 fully saturated rings. The van der Waals surface area contributed by atoms with Crippen LogP contribution >= 0.6 is 0 Å². The van der Waals surface area contributed by atoms with Crippen molar-refractivity contribution >= 4 is 17.6 Å². The van der Waals surface area contributed by atoms with E-state index in [-0.39, 0.29) is 11.9 Å². The summed E-state index contributed by atoms with van der Waals surface area (Å²) in [7, 11) is 3.84. The Morgan fingerprint density at radius 3 is 2.87 bits per heavy atom. The minimum absolute atomic E-state index is 0.278. The van der Waals surface area contributed by atoms with Crippen molar-refractivity contribution in [3.8, 4) is 0 Å². The highest BCUT2D eigenvalue weighted by molar-refractivity contribution is 5.43. The van der Waals surface area contributed by atoms with E-state index in [1.165, 1.54) is 12.3 Å². The molecule has 1 atom stereocenters. The third-order valence-corrected chi connectivity index (χ3v) is 3.85. The lowest BCUT2D eigenvalue weighted by Crippen LogP contribution is -2.42. The van der Waals surface area contributed by atoms with Crippen LogP contribution < -0.4 is 15.1 Å². The molecule has 1 N–H and O–H groups in total. The number of rotatable bonds is 4. The van der Waals surface area contributed by atoms with Crippen LogP contribution in [0.2, 0.25) is 0 Å². The number of hydrogen-bond donors (Lipinski definition) is 1. The zero-order valence-electron chi connectivity index (χ0n) is 13.4. The Morgan fingerprint density at radius 1 is 1.26 bits per heavy atom. The van der Waals surface area contributed by atoms with E-state index >= 15 is 0 Å². The van der Waals surface area contributed by atoms with Crippen molar-refractivity contribution < 1.29 is 4.39 Å². The molecule has 0 radical (unpaired) electrons. The number of anilines is 3. The van der Waals surface area contributed by atoms with Crippen molar-refractivity contribution in [1.82, 2.24) is 15.0 Å². The highest BCUT2D eigenvalue weighted by Crippen LogP contribution is 2.20. The van der Waals surface area contributed by atoms with E-state index < -0.39 is 0 Å². The van der Waals surface area contributed by atoms with Crippen LogP contribution in [-0.4, -0.2) is 48.2 Å². The van der Waals surface area contributed by atoms with E-state index in [0.29, 0.717) is 5.95 Å². The maximum absolute atomic E-state index is 13.0. The minimum atomic E-state index is -0.308. The second-order valence-electron chi connectivity index (χ2n) is 5.90. The van der Waals surface area contributed by atoms with Gasteiger partial charge in [0.2, 0.25) is 5.95 Å². The maximum Gasteiger partial charge on any atom is 0.226 e. The average molecular weight is 316 g/mol. The van der Waals surface area contributed by atoms with Crippen molar-refractivity contribution in [1.29, 1.82) is 0 Å². The molecule has 3 rings (SSSR count). The summed E-state index contributed by atoms with van der Waals surface area (Å²) in [5, 5.41) is 3.47. The number of hydrogen-bond acceptors (Lipinski definition) is 6. The fourth-order valence-electron chi connectivity index (χ4n) is 2.71. The molecule has 23 heavy (non-hydrogen) atoms. The van der Waals surface area contributed by atoms with Crippen LogP contribution in [0.3, 0.4) is 0 Å². The average Bonchev–Trinajstić information content (AvgIpc) is 2.56. The number of nitrogens with one attached hydrogen (secondary N) is 1. The van der Waals surface area contributed by atoms with Gasteiger partial charge in [-0.05, 0) is 31.0 Å². The number of halogens is 1. The van der Waals surface area contributed by atoms with Gasteiger partial charge in [0.25, 0.3) is 0 Å². The molecule has 7 heteroatoms. The Morgan fingerprint density at radius 2 is 2.13 bits per heavy atom. The molecule has 0 bridgehead atoms. The monoisotopic (exact) mass is 316 g/mol. The van der Waals surface area contributed by atoms with Gasteiger partial charge in [-0.25, -0.2) is 14.4 Å². The fraction of sp³-hybridized carbons (Fsp3) is 0.438. The Labute approximate surface area is 135 Å². The third-order valence-electron chi connectivity index (χ3n) is 3.85. The van der Waals surface area contributed by atoms with Gasteiger partial charge < -0.3 is 15.1 Å². The van der Waals surface area contributed by atoms with E-state index in [1.54, 1.807) is 12.3 Å². The predicted molar refractivity (Wildman–Crippen MR) is 89.4 cm³/mol. The van der Waals surface area contributed by atoms with Crippen molar-refractivity contribution in [3.05, 3.63) is 36.4 Å². The summed E-state index contributed by atoms with van der Waals surface area (Å²) < 4.78 is 13.0. The Bertz CT molecular complexity index is 645. The van der Waals surface area contributed by atoms with Gasteiger partial charge in [0.15, 0.2) is 0 Å². The number of nitrogens with zero attached hydrogens (tertiary/aromatic N) is 5. The van der Waals surface area contributed by atoms with E-state index in [4.69, 9.17) is 0 Å². The van der Waals surface area contributed by atoms with Crippen LogP contribution in [0.4, 0.5) is 22.0 Å². The summed E-state index contributed by atoms with van der Waals surface area (Å²) in [6, 6.07) is 5.34. The van der Waals surface area contributed by atoms with Gasteiger partial charge in [-0.3, -0.25) is 0 Å². The molecule has 0 aromatic carbocycles. The smallest absolute Gasteiger partial charge is 0.226 e. The van der Waals surface area contributed by atoms with Crippen LogP contribution in [0.25, 0.3) is 0 Å². The number of piperidine rings is 1. The van der Waals surface area contributed by atoms with E-state index in [2.05, 4.69) is 25.2 Å². The van der Waals surface area contributed by atoms with Crippen LogP contribution in [0, 0.1) is 5.82 Å². The SMILES string of the molecule is CN(C)c1nccc(NC2CCCN(c3ccc(F)cn3)C2)n1. The van der Waals surface area contributed by atoms with Crippen molar-refractivity contribution in [2.75, 3.05) is 42.3 Å². The Kier molecular flexibility index (Phi) is 4.55. The molecule has 3 heterocycles. The van der Waals surface area contributed by atoms with E-state index in [0.717, 1.165) is 37.6 Å². The lowest BCUT2D eigenvalue weighted by atomic mass is 10.1. The summed E-state index contributed by atoms with van der Waals surface area (Å²) in [5.41, 5.74) is 0. The lowest BCUT2D eigenvalue weighted by molar-refractivity contribution is 0.524. The van der Waals surface area contributed by atoms with Gasteiger partial charge in [0.05, 0.1) is 6.20 Å². The quantitative estimate of drug-likeness (QED) is 0.933. The molecule has 0 aliphatic carbocycles. The molecule has 0 amide bonds. The zero-order valence-corrected chi connectivity index (χ0v) is 13.4. The van der Waals surface area contributed by atoms with Gasteiger partial charge in [0.1, 0.15) is 17.5 Å².